The highest BCUT2D eigenvalue weighted by Gasteiger charge is 2.11. The van der Waals surface area contributed by atoms with Gasteiger partial charge in [0.15, 0.2) is 0 Å². The average Bonchev–Trinajstić information content (AvgIpc) is 2.82. The molecular formula is C20H19N3O. The molecule has 0 bridgehead atoms. The Morgan fingerprint density at radius 3 is 2.25 bits per heavy atom. The van der Waals surface area contributed by atoms with Crippen molar-refractivity contribution in [1.29, 1.82) is 0 Å². The molecule has 0 aromatic carbocycles. The van der Waals surface area contributed by atoms with Gasteiger partial charge in [-0.05, 0) is 49.4 Å². The second-order valence-electron chi connectivity index (χ2n) is 5.94. The van der Waals surface area contributed by atoms with Gasteiger partial charge in [0.05, 0.1) is 11.4 Å². The van der Waals surface area contributed by atoms with Gasteiger partial charge in [0.2, 0.25) is 0 Å². The summed E-state index contributed by atoms with van der Waals surface area (Å²) in [5, 5.41) is 0. The number of fused-ring (bicyclic) bond motifs is 1. The second-order valence-corrected chi connectivity index (χ2v) is 5.94. The first kappa shape index (κ1) is 15.8. The Hall–Kier alpha value is -3.06. The molecule has 24 heavy (non-hydrogen) atoms. The smallest absolute Gasteiger partial charge is 0.252 e. The molecule has 0 unspecified atom stereocenters. The lowest BCUT2D eigenvalue weighted by Crippen LogP contribution is -2.16. The Balaban J connectivity index is 0.000000198. The van der Waals surface area contributed by atoms with Gasteiger partial charge in [-0.3, -0.25) is 9.36 Å². The predicted molar refractivity (Wildman–Crippen MR) is 96.4 cm³/mol. The summed E-state index contributed by atoms with van der Waals surface area (Å²) >= 11 is 0. The van der Waals surface area contributed by atoms with Crippen molar-refractivity contribution in [2.45, 2.75) is 20.8 Å². The SMILES string of the molecule is C#Cc1nc(C)n(-c2ccn(C)c(=O)c2)c1C.Cc1cc2ccc1-2. The van der Waals surface area contributed by atoms with Crippen molar-refractivity contribution in [1.82, 2.24) is 14.1 Å². The zero-order valence-corrected chi connectivity index (χ0v) is 14.3. The Kier molecular flexibility index (Phi) is 3.86. The summed E-state index contributed by atoms with van der Waals surface area (Å²) in [4.78, 5) is 15.9. The van der Waals surface area contributed by atoms with Crippen LogP contribution >= 0.6 is 0 Å². The molecule has 2 heterocycles. The van der Waals surface area contributed by atoms with E-state index in [2.05, 4.69) is 36.0 Å². The van der Waals surface area contributed by atoms with Crippen molar-refractivity contribution in [2.75, 3.05) is 0 Å². The third kappa shape index (κ3) is 2.55. The fourth-order valence-electron chi connectivity index (χ4n) is 2.82. The number of benzene rings is 1. The van der Waals surface area contributed by atoms with Crippen LogP contribution in [0.25, 0.3) is 16.8 Å². The second kappa shape index (κ2) is 5.86. The third-order valence-electron chi connectivity index (χ3n) is 4.30. The molecule has 120 valence electrons. The Morgan fingerprint density at radius 1 is 1.12 bits per heavy atom. The summed E-state index contributed by atoms with van der Waals surface area (Å²) in [7, 11) is 1.71. The molecular weight excluding hydrogens is 298 g/mol. The van der Waals surface area contributed by atoms with E-state index in [4.69, 9.17) is 6.42 Å². The van der Waals surface area contributed by atoms with Crippen LogP contribution in [-0.2, 0) is 7.05 Å². The van der Waals surface area contributed by atoms with Crippen molar-refractivity contribution >= 4 is 0 Å². The summed E-state index contributed by atoms with van der Waals surface area (Å²) in [5.41, 5.74) is 6.57. The fourth-order valence-corrected chi connectivity index (χ4v) is 2.82. The van der Waals surface area contributed by atoms with Gasteiger partial charge in [0.25, 0.3) is 5.56 Å². The normalized spacial score (nSPS) is 10.6. The largest absolute Gasteiger partial charge is 0.318 e. The fraction of sp³-hybridized carbons (Fsp3) is 0.200. The molecule has 2 aliphatic carbocycles. The Bertz CT molecular complexity index is 1030. The van der Waals surface area contributed by atoms with Crippen molar-refractivity contribution < 1.29 is 0 Å². The van der Waals surface area contributed by atoms with E-state index in [9.17, 15) is 4.79 Å². The van der Waals surface area contributed by atoms with E-state index in [1.807, 2.05) is 24.5 Å². The standard InChI is InChI=1S/C13H13N3O.C7H6/c1-5-12-9(2)16(10(3)14-12)11-6-7-15(4)13(17)8-11;1-5-4-6-2-3-7(5)6/h1,6-8H,2-4H3;2-4H,1H3. The van der Waals surface area contributed by atoms with E-state index in [0.717, 1.165) is 17.2 Å². The maximum Gasteiger partial charge on any atom is 0.252 e. The third-order valence-corrected chi connectivity index (χ3v) is 4.30. The number of pyridine rings is 1. The number of aromatic nitrogens is 3. The van der Waals surface area contributed by atoms with Crippen LogP contribution in [0.4, 0.5) is 0 Å². The molecule has 0 aliphatic heterocycles. The topological polar surface area (TPSA) is 39.8 Å². The van der Waals surface area contributed by atoms with E-state index < -0.39 is 0 Å². The molecule has 0 saturated heterocycles. The molecule has 0 spiro atoms. The molecule has 2 aliphatic rings. The lowest BCUT2D eigenvalue weighted by molar-refractivity contribution is 0.843. The van der Waals surface area contributed by atoms with Gasteiger partial charge in [-0.25, -0.2) is 4.98 Å². The predicted octanol–water partition coefficient (Wildman–Crippen LogP) is 3.14. The van der Waals surface area contributed by atoms with E-state index in [0.29, 0.717) is 5.69 Å². The first-order chi connectivity index (χ1) is 11.4. The van der Waals surface area contributed by atoms with Gasteiger partial charge < -0.3 is 4.57 Å². The van der Waals surface area contributed by atoms with E-state index in [1.54, 1.807) is 19.3 Å². The monoisotopic (exact) mass is 317 g/mol. The average molecular weight is 317 g/mol. The van der Waals surface area contributed by atoms with Crippen LogP contribution in [0.2, 0.25) is 0 Å². The highest BCUT2D eigenvalue weighted by Crippen LogP contribution is 2.35. The van der Waals surface area contributed by atoms with Crippen LogP contribution in [0.5, 0.6) is 0 Å². The zero-order valence-electron chi connectivity index (χ0n) is 14.3. The molecule has 0 saturated carbocycles. The van der Waals surface area contributed by atoms with Crippen LogP contribution < -0.4 is 5.56 Å². The van der Waals surface area contributed by atoms with Crippen LogP contribution in [0.3, 0.4) is 0 Å². The zero-order chi connectivity index (χ0) is 17.4. The highest BCUT2D eigenvalue weighted by atomic mass is 16.1. The van der Waals surface area contributed by atoms with E-state index in [-0.39, 0.29) is 5.56 Å². The molecule has 0 amide bonds. The molecule has 0 fully saturated rings. The van der Waals surface area contributed by atoms with E-state index >= 15 is 0 Å². The van der Waals surface area contributed by atoms with E-state index in [1.165, 1.54) is 21.3 Å². The molecule has 4 heteroatoms. The Morgan fingerprint density at radius 2 is 1.88 bits per heavy atom. The minimum Gasteiger partial charge on any atom is -0.318 e. The van der Waals surface area contributed by atoms with Gasteiger partial charge in [-0.2, -0.15) is 0 Å². The molecule has 4 rings (SSSR count). The first-order valence-electron chi connectivity index (χ1n) is 7.73. The number of aryl methyl sites for hydroxylation is 3. The lowest BCUT2D eigenvalue weighted by Gasteiger charge is -2.17. The van der Waals surface area contributed by atoms with Gasteiger partial charge in [-0.15, -0.1) is 6.42 Å². The van der Waals surface area contributed by atoms with Crippen molar-refractivity contribution in [3.8, 4) is 29.2 Å². The molecule has 0 atom stereocenters. The van der Waals surface area contributed by atoms with Crippen molar-refractivity contribution in [3.05, 3.63) is 69.7 Å². The molecule has 0 N–H and O–H groups in total. The lowest BCUT2D eigenvalue weighted by atomic mass is 9.88. The molecule has 2 aromatic rings. The Labute approximate surface area is 141 Å². The number of imidazole rings is 1. The molecule has 2 aromatic heterocycles. The van der Waals surface area contributed by atoms with Gasteiger partial charge in [0, 0.05) is 19.3 Å². The van der Waals surface area contributed by atoms with Gasteiger partial charge >= 0.3 is 0 Å². The van der Waals surface area contributed by atoms with Crippen LogP contribution in [-0.4, -0.2) is 14.1 Å². The number of hydrogen-bond donors (Lipinski definition) is 0. The maximum absolute atomic E-state index is 11.6. The van der Waals surface area contributed by atoms with Crippen molar-refractivity contribution in [2.24, 2.45) is 7.05 Å². The minimum atomic E-state index is -0.0581. The summed E-state index contributed by atoms with van der Waals surface area (Å²) in [5.74, 6) is 3.32. The summed E-state index contributed by atoms with van der Waals surface area (Å²) in [6, 6.07) is 9.94. The van der Waals surface area contributed by atoms with Gasteiger partial charge in [0.1, 0.15) is 11.5 Å². The van der Waals surface area contributed by atoms with Crippen LogP contribution in [0.1, 0.15) is 22.8 Å². The minimum absolute atomic E-state index is 0.0581. The quantitative estimate of drug-likeness (QED) is 0.506. The van der Waals surface area contributed by atoms with Gasteiger partial charge in [-0.1, -0.05) is 18.2 Å². The maximum atomic E-state index is 11.6. The van der Waals surface area contributed by atoms with Crippen LogP contribution in [0, 0.1) is 33.1 Å². The molecule has 0 radical (unpaired) electrons. The van der Waals surface area contributed by atoms with Crippen LogP contribution in [0.15, 0.2) is 41.3 Å². The highest BCUT2D eigenvalue weighted by molar-refractivity contribution is 5.80. The summed E-state index contributed by atoms with van der Waals surface area (Å²) in [6.45, 7) is 5.90. The number of terminal acetylenes is 1. The summed E-state index contributed by atoms with van der Waals surface area (Å²) < 4.78 is 3.41. The number of hydrogen-bond acceptors (Lipinski definition) is 2. The van der Waals surface area contributed by atoms with Crippen molar-refractivity contribution in [3.63, 3.8) is 0 Å². The number of nitrogens with zero attached hydrogens (tertiary/aromatic N) is 3. The molecule has 4 nitrogen and oxygen atoms in total. The number of rotatable bonds is 1. The first-order valence-corrected chi connectivity index (χ1v) is 7.73. The summed E-state index contributed by atoms with van der Waals surface area (Å²) in [6.07, 6.45) is 7.10.